The normalized spacial score (nSPS) is 12.7. The lowest BCUT2D eigenvalue weighted by Gasteiger charge is -2.01. The highest BCUT2D eigenvalue weighted by atomic mass is 35.5. The molecule has 0 aliphatic heterocycles. The third kappa shape index (κ3) is 2.92. The molecule has 0 radical (unpaired) electrons. The molecule has 2 rings (SSSR count). The molecule has 19 heavy (non-hydrogen) atoms. The maximum Gasteiger partial charge on any atom is 0.260 e. The van der Waals surface area contributed by atoms with Crippen molar-refractivity contribution in [3.05, 3.63) is 35.2 Å². The summed E-state index contributed by atoms with van der Waals surface area (Å²) in [7, 11) is 0. The monoisotopic (exact) mass is 286 g/mol. The van der Waals surface area contributed by atoms with Crippen LogP contribution < -0.4 is 0 Å². The van der Waals surface area contributed by atoms with Gasteiger partial charge in [-0.3, -0.25) is 0 Å². The summed E-state index contributed by atoms with van der Waals surface area (Å²) in [4.78, 5) is 4.06. The lowest BCUT2D eigenvalue weighted by atomic mass is 10.1. The number of hydrogen-bond donors (Lipinski definition) is 0. The number of rotatable bonds is 4. The van der Waals surface area contributed by atoms with Crippen LogP contribution in [0.15, 0.2) is 16.7 Å². The Morgan fingerprint density at radius 2 is 2.05 bits per heavy atom. The average Bonchev–Trinajstić information content (AvgIpc) is 2.83. The summed E-state index contributed by atoms with van der Waals surface area (Å²) >= 11 is 6.06. The summed E-state index contributed by atoms with van der Waals surface area (Å²) in [6.07, 6.45) is 1.58. The van der Waals surface area contributed by atoms with Gasteiger partial charge < -0.3 is 4.52 Å². The van der Waals surface area contributed by atoms with Crippen molar-refractivity contribution in [3.8, 4) is 11.5 Å². The number of aryl methyl sites for hydroxylation is 1. The van der Waals surface area contributed by atoms with Crippen molar-refractivity contribution in [3.63, 3.8) is 0 Å². The molecule has 1 unspecified atom stereocenters. The minimum Gasteiger partial charge on any atom is -0.334 e. The van der Waals surface area contributed by atoms with Gasteiger partial charge in [0.25, 0.3) is 5.89 Å². The zero-order chi connectivity index (χ0) is 14.0. The van der Waals surface area contributed by atoms with Crippen LogP contribution in [0.4, 0.5) is 8.78 Å². The van der Waals surface area contributed by atoms with E-state index in [2.05, 4.69) is 10.1 Å². The van der Waals surface area contributed by atoms with Crippen LogP contribution in [0, 0.1) is 18.6 Å². The van der Waals surface area contributed by atoms with Crippen molar-refractivity contribution in [1.29, 1.82) is 0 Å². The highest BCUT2D eigenvalue weighted by Gasteiger charge is 2.19. The van der Waals surface area contributed by atoms with E-state index < -0.39 is 11.6 Å². The molecule has 6 heteroatoms. The van der Waals surface area contributed by atoms with Crippen molar-refractivity contribution in [2.45, 2.75) is 32.1 Å². The van der Waals surface area contributed by atoms with E-state index in [1.807, 2.05) is 6.92 Å². The van der Waals surface area contributed by atoms with Crippen molar-refractivity contribution >= 4 is 11.6 Å². The molecule has 1 aromatic heterocycles. The number of alkyl halides is 1. The lowest BCUT2D eigenvalue weighted by Crippen LogP contribution is -1.94. The highest BCUT2D eigenvalue weighted by Crippen LogP contribution is 2.28. The van der Waals surface area contributed by atoms with Crippen molar-refractivity contribution in [2.24, 2.45) is 0 Å². The van der Waals surface area contributed by atoms with Crippen LogP contribution in [0.1, 0.15) is 36.5 Å². The van der Waals surface area contributed by atoms with Crippen LogP contribution in [-0.4, -0.2) is 10.1 Å². The van der Waals surface area contributed by atoms with Gasteiger partial charge in [0.15, 0.2) is 5.82 Å². The topological polar surface area (TPSA) is 38.9 Å². The van der Waals surface area contributed by atoms with Crippen LogP contribution in [0.5, 0.6) is 0 Å². The lowest BCUT2D eigenvalue weighted by molar-refractivity contribution is 0.418. The van der Waals surface area contributed by atoms with E-state index in [1.54, 1.807) is 0 Å². The van der Waals surface area contributed by atoms with Crippen molar-refractivity contribution in [1.82, 2.24) is 10.1 Å². The summed E-state index contributed by atoms with van der Waals surface area (Å²) in [5.41, 5.74) is 0.394. The third-order valence-corrected chi connectivity index (χ3v) is 3.16. The molecule has 0 saturated carbocycles. The number of halogens is 3. The van der Waals surface area contributed by atoms with Gasteiger partial charge >= 0.3 is 0 Å². The number of hydrogen-bond acceptors (Lipinski definition) is 3. The molecular weight excluding hydrogens is 274 g/mol. The summed E-state index contributed by atoms with van der Waals surface area (Å²) < 4.78 is 31.8. The Morgan fingerprint density at radius 3 is 2.74 bits per heavy atom. The van der Waals surface area contributed by atoms with E-state index in [9.17, 15) is 8.78 Å². The summed E-state index contributed by atoms with van der Waals surface area (Å²) in [6.45, 7) is 3.52. The quantitative estimate of drug-likeness (QED) is 0.782. The second-order valence-electron chi connectivity index (χ2n) is 4.30. The van der Waals surface area contributed by atoms with Crippen LogP contribution >= 0.6 is 11.6 Å². The molecule has 1 aromatic carbocycles. The summed E-state index contributed by atoms with van der Waals surface area (Å²) in [6, 6.07) is 2.14. The largest absolute Gasteiger partial charge is 0.334 e. The molecule has 102 valence electrons. The fourth-order valence-corrected chi connectivity index (χ4v) is 1.98. The van der Waals surface area contributed by atoms with Gasteiger partial charge in [0.05, 0.1) is 10.9 Å². The van der Waals surface area contributed by atoms with Gasteiger partial charge in [-0.15, -0.1) is 11.6 Å². The Kier molecular flexibility index (Phi) is 4.14. The Bertz CT molecular complexity index is 586. The van der Waals surface area contributed by atoms with Gasteiger partial charge in [0.1, 0.15) is 11.6 Å². The van der Waals surface area contributed by atoms with Gasteiger partial charge in [-0.25, -0.2) is 8.78 Å². The first-order valence-electron chi connectivity index (χ1n) is 5.96. The zero-order valence-corrected chi connectivity index (χ0v) is 11.3. The van der Waals surface area contributed by atoms with E-state index in [0.717, 1.165) is 12.5 Å². The van der Waals surface area contributed by atoms with Crippen molar-refractivity contribution < 1.29 is 13.3 Å². The minimum absolute atomic E-state index is 0.0114. The van der Waals surface area contributed by atoms with Crippen LogP contribution in [-0.2, 0) is 0 Å². The zero-order valence-electron chi connectivity index (χ0n) is 10.6. The molecule has 1 heterocycles. The molecule has 0 aliphatic carbocycles. The van der Waals surface area contributed by atoms with E-state index >= 15 is 0 Å². The molecule has 0 fully saturated rings. The standard InChI is InChI=1S/C13H13ClF2N2O/c1-3-4-9(14)12-17-13(19-18-12)8-5-7(2)10(15)6-11(8)16/h5-6,9H,3-4H2,1-2H3. The minimum atomic E-state index is -0.736. The third-order valence-electron chi connectivity index (χ3n) is 2.74. The Hall–Kier alpha value is -1.49. The second kappa shape index (κ2) is 5.65. The molecule has 3 nitrogen and oxygen atoms in total. The first-order chi connectivity index (χ1) is 9.02. The van der Waals surface area contributed by atoms with Gasteiger partial charge in [-0.2, -0.15) is 4.98 Å². The van der Waals surface area contributed by atoms with Gasteiger partial charge in [0.2, 0.25) is 0 Å². The fourth-order valence-electron chi connectivity index (χ4n) is 1.68. The molecule has 0 amide bonds. The van der Waals surface area contributed by atoms with Crippen LogP contribution in [0.25, 0.3) is 11.5 Å². The second-order valence-corrected chi connectivity index (χ2v) is 4.82. The molecule has 2 aromatic rings. The summed E-state index contributed by atoms with van der Waals surface area (Å²) in [5, 5.41) is 3.36. The van der Waals surface area contributed by atoms with E-state index in [-0.39, 0.29) is 16.8 Å². The smallest absolute Gasteiger partial charge is 0.260 e. The molecule has 0 bridgehead atoms. The van der Waals surface area contributed by atoms with Gasteiger partial charge in [-0.1, -0.05) is 18.5 Å². The van der Waals surface area contributed by atoms with Crippen molar-refractivity contribution in [2.75, 3.05) is 0 Å². The first-order valence-corrected chi connectivity index (χ1v) is 6.40. The summed E-state index contributed by atoms with van der Waals surface area (Å²) in [5.74, 6) is -1.01. The fraction of sp³-hybridized carbons (Fsp3) is 0.385. The Morgan fingerprint density at radius 1 is 1.32 bits per heavy atom. The highest BCUT2D eigenvalue weighted by molar-refractivity contribution is 6.20. The molecule has 0 saturated heterocycles. The van der Waals surface area contributed by atoms with E-state index in [0.29, 0.717) is 17.8 Å². The molecule has 0 aliphatic rings. The first kappa shape index (κ1) is 13.9. The Balaban J connectivity index is 2.35. The van der Waals surface area contributed by atoms with Gasteiger partial charge in [-0.05, 0) is 25.0 Å². The van der Waals surface area contributed by atoms with E-state index in [4.69, 9.17) is 16.1 Å². The average molecular weight is 287 g/mol. The van der Waals surface area contributed by atoms with Gasteiger partial charge in [0, 0.05) is 6.07 Å². The predicted octanol–water partition coefficient (Wildman–Crippen LogP) is 4.40. The molecule has 0 spiro atoms. The molecule has 1 atom stereocenters. The Labute approximate surface area is 114 Å². The number of aromatic nitrogens is 2. The molecular formula is C13H13ClF2N2O. The van der Waals surface area contributed by atoms with E-state index in [1.165, 1.54) is 13.0 Å². The number of nitrogens with zero attached hydrogens (tertiary/aromatic N) is 2. The number of benzene rings is 1. The van der Waals surface area contributed by atoms with Crippen LogP contribution in [0.2, 0.25) is 0 Å². The molecule has 0 N–H and O–H groups in total. The maximum absolute atomic E-state index is 13.7. The maximum atomic E-state index is 13.7. The predicted molar refractivity (Wildman–Crippen MR) is 67.9 cm³/mol. The van der Waals surface area contributed by atoms with Crippen LogP contribution in [0.3, 0.4) is 0 Å². The SMILES string of the molecule is CCCC(Cl)c1noc(-c2cc(C)c(F)cc2F)n1.